The summed E-state index contributed by atoms with van der Waals surface area (Å²) >= 11 is 5.79. The van der Waals surface area contributed by atoms with Crippen molar-refractivity contribution in [1.29, 1.82) is 0 Å². The molecule has 0 saturated carbocycles. The van der Waals surface area contributed by atoms with Crippen LogP contribution in [0.1, 0.15) is 5.56 Å². The number of fused-ring (bicyclic) bond motifs is 1. The molecule has 0 aliphatic rings. The highest BCUT2D eigenvalue weighted by molar-refractivity contribution is 7.94. The SMILES string of the molecule is O=c1[nH]c2ccccc2cc1S(=O)(=O)/C=C\c1ccc(Cl)cc1. The van der Waals surface area contributed by atoms with E-state index in [2.05, 4.69) is 4.98 Å². The molecule has 1 heterocycles. The quantitative estimate of drug-likeness (QED) is 0.788. The lowest BCUT2D eigenvalue weighted by molar-refractivity contribution is 0.603. The zero-order valence-electron chi connectivity index (χ0n) is 11.9. The van der Waals surface area contributed by atoms with Crippen molar-refractivity contribution in [1.82, 2.24) is 4.98 Å². The number of aromatic amines is 1. The number of aromatic nitrogens is 1. The molecule has 0 saturated heterocycles. The third-order valence-electron chi connectivity index (χ3n) is 3.34. The maximum Gasteiger partial charge on any atom is 0.267 e. The normalized spacial score (nSPS) is 12.0. The van der Waals surface area contributed by atoms with Crippen molar-refractivity contribution in [2.45, 2.75) is 4.90 Å². The van der Waals surface area contributed by atoms with Gasteiger partial charge in [-0.25, -0.2) is 8.42 Å². The molecule has 0 unspecified atom stereocenters. The molecule has 1 N–H and O–H groups in total. The van der Waals surface area contributed by atoms with Crippen LogP contribution in [-0.2, 0) is 9.84 Å². The third-order valence-corrected chi connectivity index (χ3v) is 5.00. The van der Waals surface area contributed by atoms with E-state index in [1.807, 2.05) is 0 Å². The number of rotatable bonds is 3. The molecule has 0 radical (unpaired) electrons. The Balaban J connectivity index is 2.04. The van der Waals surface area contributed by atoms with E-state index in [1.54, 1.807) is 48.5 Å². The first-order valence-electron chi connectivity index (χ1n) is 6.76. The van der Waals surface area contributed by atoms with Crippen molar-refractivity contribution >= 4 is 38.4 Å². The number of halogens is 1. The highest BCUT2D eigenvalue weighted by atomic mass is 35.5. The number of hydrogen-bond donors (Lipinski definition) is 1. The van der Waals surface area contributed by atoms with Gasteiger partial charge in [0.1, 0.15) is 4.90 Å². The summed E-state index contributed by atoms with van der Waals surface area (Å²) < 4.78 is 24.8. The van der Waals surface area contributed by atoms with Crippen LogP contribution in [0.5, 0.6) is 0 Å². The minimum atomic E-state index is -3.85. The average molecular weight is 346 g/mol. The summed E-state index contributed by atoms with van der Waals surface area (Å²) in [5.41, 5.74) is 0.637. The maximum atomic E-state index is 12.4. The number of nitrogens with one attached hydrogen (secondary N) is 1. The van der Waals surface area contributed by atoms with Gasteiger partial charge in [-0.3, -0.25) is 4.79 Å². The fraction of sp³-hybridized carbons (Fsp3) is 0. The fourth-order valence-corrected chi connectivity index (χ4v) is 3.36. The summed E-state index contributed by atoms with van der Waals surface area (Å²) in [5.74, 6) is 0. The summed E-state index contributed by atoms with van der Waals surface area (Å²) in [6.07, 6.45) is 1.43. The molecule has 0 fully saturated rings. The van der Waals surface area contributed by atoms with Crippen LogP contribution < -0.4 is 5.56 Å². The number of sulfone groups is 1. The Labute approximate surface area is 138 Å². The van der Waals surface area contributed by atoms with Crippen LogP contribution in [0.2, 0.25) is 5.02 Å². The van der Waals surface area contributed by atoms with Gasteiger partial charge in [-0.1, -0.05) is 41.9 Å². The largest absolute Gasteiger partial charge is 0.321 e. The van der Waals surface area contributed by atoms with Gasteiger partial charge in [0.2, 0.25) is 9.84 Å². The predicted molar refractivity (Wildman–Crippen MR) is 92.2 cm³/mol. The fourth-order valence-electron chi connectivity index (χ4n) is 2.15. The molecule has 0 bridgehead atoms. The Hall–Kier alpha value is -2.37. The molecule has 23 heavy (non-hydrogen) atoms. The molecule has 0 aliphatic heterocycles. The highest BCUT2D eigenvalue weighted by Gasteiger charge is 2.16. The highest BCUT2D eigenvalue weighted by Crippen LogP contribution is 2.16. The van der Waals surface area contributed by atoms with E-state index in [1.165, 1.54) is 12.1 Å². The molecule has 4 nitrogen and oxygen atoms in total. The van der Waals surface area contributed by atoms with Gasteiger partial charge < -0.3 is 4.98 Å². The molecule has 116 valence electrons. The summed E-state index contributed by atoms with van der Waals surface area (Å²) in [7, 11) is -3.85. The number of H-pyrrole nitrogens is 1. The van der Waals surface area contributed by atoms with Gasteiger partial charge in [-0.05, 0) is 41.3 Å². The van der Waals surface area contributed by atoms with Crippen LogP contribution >= 0.6 is 11.6 Å². The molecule has 0 atom stereocenters. The van der Waals surface area contributed by atoms with Gasteiger partial charge in [-0.2, -0.15) is 0 Å². The zero-order valence-corrected chi connectivity index (χ0v) is 13.4. The third kappa shape index (κ3) is 3.36. The van der Waals surface area contributed by atoms with Crippen molar-refractivity contribution in [3.63, 3.8) is 0 Å². The van der Waals surface area contributed by atoms with E-state index in [-0.39, 0.29) is 4.90 Å². The van der Waals surface area contributed by atoms with Crippen LogP contribution in [-0.4, -0.2) is 13.4 Å². The number of hydrogen-bond acceptors (Lipinski definition) is 3. The molecule has 2 aromatic carbocycles. The molecular formula is C17H12ClNO3S. The van der Waals surface area contributed by atoms with E-state index in [9.17, 15) is 13.2 Å². The number of pyridine rings is 1. The monoisotopic (exact) mass is 345 g/mol. The Bertz CT molecular complexity index is 1050. The van der Waals surface area contributed by atoms with Crippen molar-refractivity contribution in [2.75, 3.05) is 0 Å². The van der Waals surface area contributed by atoms with Gasteiger partial charge >= 0.3 is 0 Å². The van der Waals surface area contributed by atoms with Gasteiger partial charge in [0.05, 0.1) is 0 Å². The second-order valence-electron chi connectivity index (χ2n) is 4.95. The van der Waals surface area contributed by atoms with Crippen molar-refractivity contribution in [2.24, 2.45) is 0 Å². The molecule has 3 aromatic rings. The Morgan fingerprint density at radius 2 is 1.70 bits per heavy atom. The Morgan fingerprint density at radius 1 is 1.00 bits per heavy atom. The smallest absolute Gasteiger partial charge is 0.267 e. The van der Waals surface area contributed by atoms with E-state index >= 15 is 0 Å². The summed E-state index contributed by atoms with van der Waals surface area (Å²) in [6, 6.07) is 15.1. The van der Waals surface area contributed by atoms with Crippen LogP contribution in [0, 0.1) is 0 Å². The van der Waals surface area contributed by atoms with E-state index < -0.39 is 15.4 Å². The predicted octanol–water partition coefficient (Wildman–Crippen LogP) is 3.63. The first-order valence-corrected chi connectivity index (χ1v) is 8.69. The standard InChI is InChI=1S/C17H12ClNO3S/c18-14-7-5-12(6-8-14)9-10-23(21,22)16-11-13-3-1-2-4-15(13)19-17(16)20/h1-11H,(H,19,20)/b10-9-. The lowest BCUT2D eigenvalue weighted by atomic mass is 10.2. The van der Waals surface area contributed by atoms with Gasteiger partial charge in [0.25, 0.3) is 5.56 Å². The number of benzene rings is 2. The van der Waals surface area contributed by atoms with Crippen molar-refractivity contribution < 1.29 is 8.42 Å². The maximum absolute atomic E-state index is 12.4. The minimum Gasteiger partial charge on any atom is -0.321 e. The molecule has 0 aliphatic carbocycles. The zero-order chi connectivity index (χ0) is 16.4. The first kappa shape index (κ1) is 15.5. The van der Waals surface area contributed by atoms with E-state index in [0.717, 1.165) is 5.41 Å². The summed E-state index contributed by atoms with van der Waals surface area (Å²) in [4.78, 5) is 14.4. The molecule has 1 aromatic heterocycles. The minimum absolute atomic E-state index is 0.276. The summed E-state index contributed by atoms with van der Waals surface area (Å²) in [6.45, 7) is 0. The Kier molecular flexibility index (Phi) is 4.07. The van der Waals surface area contributed by atoms with E-state index in [0.29, 0.717) is 21.5 Å². The van der Waals surface area contributed by atoms with Crippen LogP contribution in [0.3, 0.4) is 0 Å². The lowest BCUT2D eigenvalue weighted by Crippen LogP contribution is -2.15. The van der Waals surface area contributed by atoms with Crippen LogP contribution in [0.4, 0.5) is 0 Å². The second-order valence-corrected chi connectivity index (χ2v) is 7.19. The van der Waals surface area contributed by atoms with Crippen molar-refractivity contribution in [3.8, 4) is 0 Å². The first-order chi connectivity index (χ1) is 11.0. The van der Waals surface area contributed by atoms with Crippen LogP contribution in [0.25, 0.3) is 17.0 Å². The van der Waals surface area contributed by atoms with Gasteiger partial charge in [-0.15, -0.1) is 0 Å². The molecule has 0 spiro atoms. The molecule has 6 heteroatoms. The van der Waals surface area contributed by atoms with Gasteiger partial charge in [0.15, 0.2) is 0 Å². The molecule has 0 amide bonds. The lowest BCUT2D eigenvalue weighted by Gasteiger charge is -2.02. The number of para-hydroxylation sites is 1. The summed E-state index contributed by atoms with van der Waals surface area (Å²) in [5, 5.41) is 2.25. The van der Waals surface area contributed by atoms with Gasteiger partial charge in [0, 0.05) is 15.9 Å². The van der Waals surface area contributed by atoms with E-state index in [4.69, 9.17) is 11.6 Å². The molecule has 3 rings (SSSR count). The average Bonchev–Trinajstić information content (AvgIpc) is 2.53. The van der Waals surface area contributed by atoms with Crippen molar-refractivity contribution in [3.05, 3.63) is 80.9 Å². The second kappa shape index (κ2) is 6.02. The molecular weight excluding hydrogens is 334 g/mol. The Morgan fingerprint density at radius 3 is 2.43 bits per heavy atom. The topological polar surface area (TPSA) is 67.0 Å². The van der Waals surface area contributed by atoms with Crippen LogP contribution in [0.15, 0.2) is 69.7 Å².